The lowest BCUT2D eigenvalue weighted by Gasteiger charge is -2.34. The third-order valence-electron chi connectivity index (χ3n) is 8.88. The van der Waals surface area contributed by atoms with Gasteiger partial charge in [0.2, 0.25) is 0 Å². The normalized spacial score (nSPS) is 31.2. The average Bonchev–Trinajstić information content (AvgIpc) is 3.04. The van der Waals surface area contributed by atoms with Gasteiger partial charge >= 0.3 is 30.8 Å². The molecule has 0 unspecified atom stereocenters. The van der Waals surface area contributed by atoms with Gasteiger partial charge in [0.05, 0.1) is 14.2 Å². The van der Waals surface area contributed by atoms with Crippen LogP contribution in [0.5, 0.6) is 0 Å². The highest BCUT2D eigenvalue weighted by atomic mass is 16.8. The van der Waals surface area contributed by atoms with Crippen molar-refractivity contribution in [2.24, 2.45) is 0 Å². The van der Waals surface area contributed by atoms with Crippen molar-refractivity contribution in [1.29, 1.82) is 0 Å². The summed E-state index contributed by atoms with van der Waals surface area (Å²) in [4.78, 5) is 61.6. The first kappa shape index (κ1) is 35.2. The SMILES string of the molecule is COC(=O)O[C@H]1CCCC[C@@H]1OC(=O)O[C@@H]1CCCC[C@H]1OC(=O)O[C@H]1CCCC[C@@H]1OC(=O)O[C@@H]1CCCC[C@H]1OC(=O)OC. The molecule has 260 valence electrons. The van der Waals surface area contributed by atoms with Crippen molar-refractivity contribution >= 4 is 30.8 Å². The highest BCUT2D eigenvalue weighted by Crippen LogP contribution is 2.30. The second kappa shape index (κ2) is 17.9. The molecule has 0 spiro atoms. The van der Waals surface area contributed by atoms with E-state index in [1.165, 1.54) is 14.2 Å². The summed E-state index contributed by atoms with van der Waals surface area (Å²) in [5, 5.41) is 0. The summed E-state index contributed by atoms with van der Waals surface area (Å²) < 4.78 is 53.0. The average molecular weight is 659 g/mol. The zero-order valence-electron chi connectivity index (χ0n) is 26.6. The summed E-state index contributed by atoms with van der Waals surface area (Å²) in [6, 6.07) is 0. The Labute approximate surface area is 268 Å². The summed E-state index contributed by atoms with van der Waals surface area (Å²) in [6.07, 6.45) is 0.0301. The van der Waals surface area contributed by atoms with Crippen LogP contribution in [-0.4, -0.2) is 93.8 Å². The zero-order valence-corrected chi connectivity index (χ0v) is 26.6. The van der Waals surface area contributed by atoms with Crippen molar-refractivity contribution < 1.29 is 71.3 Å². The van der Waals surface area contributed by atoms with Crippen molar-refractivity contribution in [2.45, 2.75) is 152 Å². The molecule has 0 aliphatic heterocycles. The van der Waals surface area contributed by atoms with Gasteiger partial charge < -0.3 is 47.4 Å². The van der Waals surface area contributed by atoms with Crippen LogP contribution in [-0.2, 0) is 47.4 Å². The summed E-state index contributed by atoms with van der Waals surface area (Å²) in [5.41, 5.74) is 0. The van der Waals surface area contributed by atoms with E-state index in [1.54, 1.807) is 0 Å². The molecule has 0 heterocycles. The Balaban J connectivity index is 1.26. The van der Waals surface area contributed by atoms with Gasteiger partial charge in [-0.2, -0.15) is 0 Å². The highest BCUT2D eigenvalue weighted by molar-refractivity contribution is 5.63. The van der Waals surface area contributed by atoms with E-state index in [-0.39, 0.29) is 0 Å². The Bertz CT molecular complexity index is 955. The van der Waals surface area contributed by atoms with Crippen LogP contribution in [0.2, 0.25) is 0 Å². The van der Waals surface area contributed by atoms with E-state index in [1.807, 2.05) is 0 Å². The molecule has 0 aromatic carbocycles. The molecule has 4 saturated carbocycles. The van der Waals surface area contributed by atoms with Crippen molar-refractivity contribution in [3.63, 3.8) is 0 Å². The van der Waals surface area contributed by atoms with Gasteiger partial charge in [-0.3, -0.25) is 0 Å². The molecule has 0 bridgehead atoms. The Morgan fingerprint density at radius 3 is 0.609 bits per heavy atom. The molecule has 0 aromatic heterocycles. The third kappa shape index (κ3) is 10.7. The van der Waals surface area contributed by atoms with E-state index >= 15 is 0 Å². The Hall–Kier alpha value is -3.65. The van der Waals surface area contributed by atoms with E-state index in [9.17, 15) is 24.0 Å². The Morgan fingerprint density at radius 2 is 0.457 bits per heavy atom. The minimum Gasteiger partial charge on any atom is -0.438 e. The van der Waals surface area contributed by atoms with Gasteiger partial charge in [0.15, 0.2) is 0 Å². The van der Waals surface area contributed by atoms with Crippen LogP contribution in [0.3, 0.4) is 0 Å². The second-order valence-electron chi connectivity index (χ2n) is 12.0. The van der Waals surface area contributed by atoms with Crippen molar-refractivity contribution in [3.05, 3.63) is 0 Å². The highest BCUT2D eigenvalue weighted by Gasteiger charge is 2.39. The van der Waals surface area contributed by atoms with E-state index in [0.29, 0.717) is 51.4 Å². The molecule has 15 heteroatoms. The number of carbonyl (C=O) groups is 5. The number of rotatable bonds is 8. The topological polar surface area (TPSA) is 178 Å². The zero-order chi connectivity index (χ0) is 32.9. The van der Waals surface area contributed by atoms with Gasteiger partial charge in [-0.15, -0.1) is 0 Å². The van der Waals surface area contributed by atoms with Gasteiger partial charge in [0.25, 0.3) is 0 Å². The molecule has 8 atom stereocenters. The lowest BCUT2D eigenvalue weighted by molar-refractivity contribution is -0.116. The van der Waals surface area contributed by atoms with Gasteiger partial charge in [-0.1, -0.05) is 0 Å². The van der Waals surface area contributed by atoms with Crippen LogP contribution >= 0.6 is 0 Å². The lowest BCUT2D eigenvalue weighted by Crippen LogP contribution is -2.43. The Kier molecular flexibility index (Phi) is 13.7. The number of hydrogen-bond acceptors (Lipinski definition) is 15. The summed E-state index contributed by atoms with van der Waals surface area (Å²) in [7, 11) is 2.41. The molecule has 46 heavy (non-hydrogen) atoms. The van der Waals surface area contributed by atoms with Gasteiger partial charge in [-0.05, 0) is 103 Å². The molecule has 0 amide bonds. The smallest absolute Gasteiger partial charge is 0.438 e. The minimum atomic E-state index is -0.958. The van der Waals surface area contributed by atoms with Crippen LogP contribution in [0.25, 0.3) is 0 Å². The number of carbonyl (C=O) groups excluding carboxylic acids is 5. The maximum atomic E-state index is 12.9. The first-order valence-electron chi connectivity index (χ1n) is 16.4. The van der Waals surface area contributed by atoms with Gasteiger partial charge in [0, 0.05) is 0 Å². The fourth-order valence-corrected chi connectivity index (χ4v) is 6.50. The van der Waals surface area contributed by atoms with Gasteiger partial charge in [0.1, 0.15) is 48.8 Å². The van der Waals surface area contributed by atoms with Crippen LogP contribution in [0.15, 0.2) is 0 Å². The van der Waals surface area contributed by atoms with E-state index in [2.05, 4.69) is 9.47 Å². The minimum absolute atomic E-state index is 0.456. The predicted molar refractivity (Wildman–Crippen MR) is 154 cm³/mol. The molecule has 0 radical (unpaired) electrons. The summed E-state index contributed by atoms with van der Waals surface area (Å²) in [6.45, 7) is 0. The monoisotopic (exact) mass is 658 g/mol. The molecule has 4 aliphatic carbocycles. The lowest BCUT2D eigenvalue weighted by atomic mass is 9.94. The molecule has 4 rings (SSSR count). The molecule has 4 fully saturated rings. The predicted octanol–water partition coefficient (Wildman–Crippen LogP) is 6.26. The summed E-state index contributed by atoms with van der Waals surface area (Å²) in [5.74, 6) is 0. The Morgan fingerprint density at radius 1 is 0.304 bits per heavy atom. The first-order valence-corrected chi connectivity index (χ1v) is 16.4. The van der Waals surface area contributed by atoms with E-state index < -0.39 is 79.6 Å². The largest absolute Gasteiger partial charge is 0.509 e. The van der Waals surface area contributed by atoms with Crippen LogP contribution in [0.1, 0.15) is 103 Å². The number of ether oxygens (including phenoxy) is 10. The molecule has 15 nitrogen and oxygen atoms in total. The van der Waals surface area contributed by atoms with Gasteiger partial charge in [-0.25, -0.2) is 24.0 Å². The maximum absolute atomic E-state index is 12.9. The number of hydrogen-bond donors (Lipinski definition) is 0. The summed E-state index contributed by atoms with van der Waals surface area (Å²) >= 11 is 0. The van der Waals surface area contributed by atoms with Crippen molar-refractivity contribution in [3.8, 4) is 0 Å². The first-order chi connectivity index (χ1) is 22.2. The van der Waals surface area contributed by atoms with Crippen LogP contribution in [0, 0.1) is 0 Å². The van der Waals surface area contributed by atoms with Crippen molar-refractivity contribution in [1.82, 2.24) is 0 Å². The molecule has 0 saturated heterocycles. The molecule has 0 N–H and O–H groups in total. The van der Waals surface area contributed by atoms with Crippen LogP contribution in [0.4, 0.5) is 24.0 Å². The third-order valence-corrected chi connectivity index (χ3v) is 8.88. The van der Waals surface area contributed by atoms with Crippen LogP contribution < -0.4 is 0 Å². The quantitative estimate of drug-likeness (QED) is 0.211. The van der Waals surface area contributed by atoms with Crippen molar-refractivity contribution in [2.75, 3.05) is 14.2 Å². The van der Waals surface area contributed by atoms with E-state index in [0.717, 1.165) is 51.4 Å². The second-order valence-corrected chi connectivity index (χ2v) is 12.0. The molecule has 0 aromatic rings. The fourth-order valence-electron chi connectivity index (χ4n) is 6.50. The number of methoxy groups -OCH3 is 2. The molecule has 4 aliphatic rings. The molecular formula is C31H46O15. The standard InChI is InChI=1S/C31H46O15/c1-37-27(32)39-19-11-3-5-13-21(19)41-29(34)43-23-15-7-9-17-25(23)45-31(36)46-26-18-10-8-16-24(26)44-30(35)42-22-14-6-4-12-20(22)40-28(33)38-2/h19-26H,3-18H2,1-2H3/t19-,20+,21-,22+,23+,24-,25+,26-. The molecular weight excluding hydrogens is 612 g/mol. The van der Waals surface area contributed by atoms with E-state index in [4.69, 9.17) is 37.9 Å². The maximum Gasteiger partial charge on any atom is 0.509 e. The fraction of sp³-hybridized carbons (Fsp3) is 0.839.